The van der Waals surface area contributed by atoms with E-state index in [1.165, 1.54) is 12.1 Å². The normalized spacial score (nSPS) is 10.9. The molecule has 3 rings (SSSR count). The van der Waals surface area contributed by atoms with Crippen LogP contribution in [0.5, 0.6) is 0 Å². The Hall–Kier alpha value is -2.89. The molecule has 0 fully saturated rings. The van der Waals surface area contributed by atoms with Crippen LogP contribution in [-0.4, -0.2) is 22.0 Å². The molecule has 0 saturated heterocycles. The zero-order valence-corrected chi connectivity index (χ0v) is 13.8. The molecule has 6 heteroatoms. The molecule has 0 atom stereocenters. The van der Waals surface area contributed by atoms with Crippen molar-refractivity contribution < 1.29 is 9.18 Å². The fourth-order valence-corrected chi connectivity index (χ4v) is 2.83. The predicted molar refractivity (Wildman–Crippen MR) is 94.9 cm³/mol. The van der Waals surface area contributed by atoms with Gasteiger partial charge in [0.1, 0.15) is 5.82 Å². The smallest absolute Gasteiger partial charge is 0.326 e. The number of aromatic nitrogens is 2. The van der Waals surface area contributed by atoms with Crippen LogP contribution in [0.1, 0.15) is 18.4 Å². The molecule has 0 unspecified atom stereocenters. The van der Waals surface area contributed by atoms with E-state index in [1.807, 2.05) is 24.3 Å². The maximum absolute atomic E-state index is 13.1. The lowest BCUT2D eigenvalue weighted by atomic mass is 10.1. The number of fused-ring (bicyclic) bond motifs is 1. The standard InChI is InChI=1S/C19H20FN3O2/c20-15-6-3-5-14(13-15)9-10-18(24)21-11-4-12-23-17-8-2-1-7-16(17)22-19(23)25/h1-3,5-8,13H,4,9-12H2,(H,21,24)(H,22,25). The highest BCUT2D eigenvalue weighted by Crippen LogP contribution is 2.09. The average Bonchev–Trinajstić information content (AvgIpc) is 2.92. The number of aryl methyl sites for hydroxylation is 2. The third-order valence-electron chi connectivity index (χ3n) is 4.09. The molecule has 0 bridgehead atoms. The molecule has 0 spiro atoms. The Kier molecular flexibility index (Phi) is 5.28. The second kappa shape index (κ2) is 7.79. The molecule has 0 saturated carbocycles. The monoisotopic (exact) mass is 341 g/mol. The van der Waals surface area contributed by atoms with E-state index in [-0.39, 0.29) is 17.4 Å². The first-order chi connectivity index (χ1) is 12.1. The summed E-state index contributed by atoms with van der Waals surface area (Å²) in [6.45, 7) is 1.03. The van der Waals surface area contributed by atoms with E-state index in [9.17, 15) is 14.0 Å². The first-order valence-corrected chi connectivity index (χ1v) is 8.32. The number of nitrogens with one attached hydrogen (secondary N) is 2. The van der Waals surface area contributed by atoms with Gasteiger partial charge in [-0.1, -0.05) is 24.3 Å². The molecule has 5 nitrogen and oxygen atoms in total. The summed E-state index contributed by atoms with van der Waals surface area (Å²) >= 11 is 0. The van der Waals surface area contributed by atoms with Gasteiger partial charge in [0.2, 0.25) is 5.91 Å². The van der Waals surface area contributed by atoms with E-state index in [1.54, 1.807) is 16.7 Å². The van der Waals surface area contributed by atoms with E-state index in [0.29, 0.717) is 32.4 Å². The van der Waals surface area contributed by atoms with Crippen LogP contribution >= 0.6 is 0 Å². The number of benzene rings is 2. The second-order valence-corrected chi connectivity index (χ2v) is 5.93. The molecular formula is C19H20FN3O2. The summed E-state index contributed by atoms with van der Waals surface area (Å²) in [4.78, 5) is 26.6. The summed E-state index contributed by atoms with van der Waals surface area (Å²) in [6.07, 6.45) is 1.48. The van der Waals surface area contributed by atoms with Gasteiger partial charge in [0, 0.05) is 19.5 Å². The molecule has 0 aliphatic carbocycles. The van der Waals surface area contributed by atoms with Crippen LogP contribution in [0.3, 0.4) is 0 Å². The van der Waals surface area contributed by atoms with Gasteiger partial charge in [-0.3, -0.25) is 9.36 Å². The summed E-state index contributed by atoms with van der Waals surface area (Å²) in [6, 6.07) is 13.8. The van der Waals surface area contributed by atoms with Crippen molar-refractivity contribution in [3.05, 3.63) is 70.4 Å². The van der Waals surface area contributed by atoms with Crippen molar-refractivity contribution in [2.45, 2.75) is 25.8 Å². The van der Waals surface area contributed by atoms with Gasteiger partial charge in [0.25, 0.3) is 0 Å². The molecule has 25 heavy (non-hydrogen) atoms. The maximum atomic E-state index is 13.1. The number of rotatable bonds is 7. The Morgan fingerprint density at radius 3 is 2.84 bits per heavy atom. The second-order valence-electron chi connectivity index (χ2n) is 5.93. The molecular weight excluding hydrogens is 321 g/mol. The third-order valence-corrected chi connectivity index (χ3v) is 4.09. The van der Waals surface area contributed by atoms with Crippen molar-refractivity contribution in [2.75, 3.05) is 6.54 Å². The Bertz CT molecular complexity index is 930. The number of imidazole rings is 1. The van der Waals surface area contributed by atoms with Crippen LogP contribution in [-0.2, 0) is 17.8 Å². The number of aromatic amines is 1. The van der Waals surface area contributed by atoms with E-state index < -0.39 is 0 Å². The molecule has 1 heterocycles. The van der Waals surface area contributed by atoms with Crippen LogP contribution in [0, 0.1) is 5.82 Å². The van der Waals surface area contributed by atoms with Crippen molar-refractivity contribution in [1.82, 2.24) is 14.9 Å². The summed E-state index contributed by atoms with van der Waals surface area (Å²) in [5.74, 6) is -0.363. The highest BCUT2D eigenvalue weighted by atomic mass is 19.1. The van der Waals surface area contributed by atoms with Gasteiger partial charge >= 0.3 is 5.69 Å². The van der Waals surface area contributed by atoms with E-state index in [0.717, 1.165) is 16.6 Å². The molecule has 0 aliphatic heterocycles. The summed E-state index contributed by atoms with van der Waals surface area (Å²) < 4.78 is 14.8. The summed E-state index contributed by atoms with van der Waals surface area (Å²) in [5.41, 5.74) is 2.34. The van der Waals surface area contributed by atoms with Crippen LogP contribution in [0.2, 0.25) is 0 Å². The van der Waals surface area contributed by atoms with Crippen LogP contribution in [0.15, 0.2) is 53.3 Å². The van der Waals surface area contributed by atoms with Crippen molar-refractivity contribution in [3.63, 3.8) is 0 Å². The Morgan fingerprint density at radius 2 is 2.00 bits per heavy atom. The molecule has 1 amide bonds. The van der Waals surface area contributed by atoms with Gasteiger partial charge in [-0.15, -0.1) is 0 Å². The van der Waals surface area contributed by atoms with Crippen LogP contribution in [0.4, 0.5) is 4.39 Å². The van der Waals surface area contributed by atoms with E-state index in [4.69, 9.17) is 0 Å². The Labute approximate surface area is 144 Å². The number of H-pyrrole nitrogens is 1. The number of amides is 1. The highest BCUT2D eigenvalue weighted by molar-refractivity contribution is 5.76. The predicted octanol–water partition coefficient (Wildman–Crippen LogP) is 2.61. The van der Waals surface area contributed by atoms with Crippen LogP contribution in [0.25, 0.3) is 11.0 Å². The molecule has 130 valence electrons. The van der Waals surface area contributed by atoms with Crippen molar-refractivity contribution in [3.8, 4) is 0 Å². The fraction of sp³-hybridized carbons (Fsp3) is 0.263. The molecule has 1 aromatic heterocycles. The first-order valence-electron chi connectivity index (χ1n) is 8.32. The van der Waals surface area contributed by atoms with E-state index in [2.05, 4.69) is 10.3 Å². The number of nitrogens with zero attached hydrogens (tertiary/aromatic N) is 1. The molecule has 0 aliphatic rings. The third kappa shape index (κ3) is 4.35. The molecule has 2 aromatic carbocycles. The van der Waals surface area contributed by atoms with Gasteiger partial charge < -0.3 is 10.3 Å². The number of halogens is 1. The molecule has 2 N–H and O–H groups in total. The number of carbonyl (C=O) groups is 1. The number of carbonyl (C=O) groups excluding carboxylic acids is 1. The van der Waals surface area contributed by atoms with Crippen molar-refractivity contribution >= 4 is 16.9 Å². The molecule has 3 aromatic rings. The van der Waals surface area contributed by atoms with Gasteiger partial charge in [-0.2, -0.15) is 0 Å². The minimum Gasteiger partial charge on any atom is -0.356 e. The van der Waals surface area contributed by atoms with Crippen molar-refractivity contribution in [2.24, 2.45) is 0 Å². The minimum absolute atomic E-state index is 0.0736. The van der Waals surface area contributed by atoms with Gasteiger partial charge in [0.05, 0.1) is 11.0 Å². The number of hydrogen-bond acceptors (Lipinski definition) is 2. The summed E-state index contributed by atoms with van der Waals surface area (Å²) in [5, 5.41) is 2.84. The van der Waals surface area contributed by atoms with Gasteiger partial charge in [-0.25, -0.2) is 9.18 Å². The number of para-hydroxylation sites is 2. The minimum atomic E-state index is -0.290. The van der Waals surface area contributed by atoms with E-state index >= 15 is 0 Å². The topological polar surface area (TPSA) is 66.9 Å². The largest absolute Gasteiger partial charge is 0.356 e. The molecule has 0 radical (unpaired) electrons. The zero-order valence-electron chi connectivity index (χ0n) is 13.8. The quantitative estimate of drug-likeness (QED) is 0.649. The van der Waals surface area contributed by atoms with Gasteiger partial charge in [-0.05, 0) is 42.7 Å². The summed E-state index contributed by atoms with van der Waals surface area (Å²) in [7, 11) is 0. The zero-order chi connectivity index (χ0) is 17.6. The maximum Gasteiger partial charge on any atom is 0.326 e. The van der Waals surface area contributed by atoms with Crippen molar-refractivity contribution in [1.29, 1.82) is 0 Å². The fourth-order valence-electron chi connectivity index (χ4n) is 2.83. The number of hydrogen-bond donors (Lipinski definition) is 2. The lowest BCUT2D eigenvalue weighted by Gasteiger charge is -2.06. The van der Waals surface area contributed by atoms with Gasteiger partial charge in [0.15, 0.2) is 0 Å². The van der Waals surface area contributed by atoms with Crippen LogP contribution < -0.4 is 11.0 Å². The lowest BCUT2D eigenvalue weighted by Crippen LogP contribution is -2.26. The Balaban J connectivity index is 1.44. The highest BCUT2D eigenvalue weighted by Gasteiger charge is 2.06. The Morgan fingerprint density at radius 1 is 1.16 bits per heavy atom. The SMILES string of the molecule is O=C(CCc1cccc(F)c1)NCCCn1c(=O)[nH]c2ccccc21. The lowest BCUT2D eigenvalue weighted by molar-refractivity contribution is -0.121. The first kappa shape index (κ1) is 17.0. The average molecular weight is 341 g/mol.